The number of nitrogens with one attached hydrogen (secondary N) is 2. The zero-order valence-electron chi connectivity index (χ0n) is 17.3. The standard InChI is InChI=1S/C21H14Cl3N5O3S2/c1-10-17(18(29-32-10)12-4-2-3-5-13(12)22)19(31)26-20-27-28-21(34-20)33-9-16(30)25-11-6-7-14(23)15(24)8-11/h2-8H,9H2,1H3,(H,25,30)(H,26,27,31). The number of anilines is 2. The number of thioether (sulfide) groups is 1. The van der Waals surface area contributed by atoms with Gasteiger partial charge in [0.1, 0.15) is 17.0 Å². The van der Waals surface area contributed by atoms with E-state index in [-0.39, 0.29) is 22.4 Å². The highest BCUT2D eigenvalue weighted by atomic mass is 35.5. The van der Waals surface area contributed by atoms with E-state index in [1.54, 1.807) is 49.4 Å². The molecule has 0 aliphatic carbocycles. The first-order valence-electron chi connectivity index (χ1n) is 9.55. The second kappa shape index (κ2) is 10.7. The molecule has 174 valence electrons. The lowest BCUT2D eigenvalue weighted by Gasteiger charge is -2.05. The van der Waals surface area contributed by atoms with Gasteiger partial charge < -0.3 is 9.84 Å². The fraction of sp³-hybridized carbons (Fsp3) is 0.0952. The number of nitrogens with zero attached hydrogens (tertiary/aromatic N) is 3. The van der Waals surface area contributed by atoms with Crippen molar-refractivity contribution in [2.45, 2.75) is 11.3 Å². The van der Waals surface area contributed by atoms with Gasteiger partial charge in [-0.25, -0.2) is 0 Å². The summed E-state index contributed by atoms with van der Waals surface area (Å²) in [6.07, 6.45) is 0. The summed E-state index contributed by atoms with van der Waals surface area (Å²) in [4.78, 5) is 25.1. The molecular formula is C21H14Cl3N5O3S2. The molecule has 0 radical (unpaired) electrons. The van der Waals surface area contributed by atoms with E-state index >= 15 is 0 Å². The molecule has 0 bridgehead atoms. The lowest BCUT2D eigenvalue weighted by atomic mass is 10.1. The van der Waals surface area contributed by atoms with Gasteiger partial charge in [-0.15, -0.1) is 10.2 Å². The van der Waals surface area contributed by atoms with Gasteiger partial charge in [0.05, 0.1) is 20.8 Å². The van der Waals surface area contributed by atoms with E-state index in [0.717, 1.165) is 11.3 Å². The van der Waals surface area contributed by atoms with Crippen LogP contribution in [0.2, 0.25) is 15.1 Å². The second-order valence-electron chi connectivity index (χ2n) is 6.74. The van der Waals surface area contributed by atoms with Crippen molar-refractivity contribution in [2.75, 3.05) is 16.4 Å². The van der Waals surface area contributed by atoms with Crippen molar-refractivity contribution in [1.29, 1.82) is 0 Å². The number of hydrogen-bond donors (Lipinski definition) is 2. The highest BCUT2D eigenvalue weighted by Gasteiger charge is 2.24. The molecule has 13 heteroatoms. The first-order valence-corrected chi connectivity index (χ1v) is 12.5. The van der Waals surface area contributed by atoms with E-state index in [0.29, 0.717) is 42.1 Å². The molecule has 2 aromatic heterocycles. The van der Waals surface area contributed by atoms with E-state index in [9.17, 15) is 9.59 Å². The van der Waals surface area contributed by atoms with Crippen molar-refractivity contribution in [2.24, 2.45) is 0 Å². The van der Waals surface area contributed by atoms with Crippen LogP contribution in [0.4, 0.5) is 10.8 Å². The summed E-state index contributed by atoms with van der Waals surface area (Å²) in [5.41, 5.74) is 1.69. The van der Waals surface area contributed by atoms with Gasteiger partial charge >= 0.3 is 0 Å². The summed E-state index contributed by atoms with van der Waals surface area (Å²) >= 11 is 20.4. The smallest absolute Gasteiger partial charge is 0.263 e. The Labute approximate surface area is 217 Å². The predicted molar refractivity (Wildman–Crippen MR) is 135 cm³/mol. The maximum atomic E-state index is 12.9. The first kappa shape index (κ1) is 24.5. The van der Waals surface area contributed by atoms with Gasteiger partial charge in [0, 0.05) is 11.3 Å². The van der Waals surface area contributed by atoms with Crippen molar-refractivity contribution < 1.29 is 14.1 Å². The lowest BCUT2D eigenvalue weighted by Crippen LogP contribution is -2.13. The van der Waals surface area contributed by atoms with E-state index in [4.69, 9.17) is 39.3 Å². The van der Waals surface area contributed by atoms with Crippen LogP contribution in [0.1, 0.15) is 16.1 Å². The molecule has 0 spiro atoms. The molecule has 34 heavy (non-hydrogen) atoms. The molecule has 0 aliphatic rings. The normalized spacial score (nSPS) is 10.8. The zero-order chi connectivity index (χ0) is 24.2. The minimum Gasteiger partial charge on any atom is -0.360 e. The molecule has 4 aromatic rings. The molecule has 0 aliphatic heterocycles. The van der Waals surface area contributed by atoms with E-state index in [2.05, 4.69) is 26.0 Å². The number of carbonyl (C=O) groups is 2. The highest BCUT2D eigenvalue weighted by Crippen LogP contribution is 2.32. The topological polar surface area (TPSA) is 110 Å². The van der Waals surface area contributed by atoms with Crippen LogP contribution in [0.15, 0.2) is 51.3 Å². The van der Waals surface area contributed by atoms with Crippen LogP contribution in [0.25, 0.3) is 11.3 Å². The summed E-state index contributed by atoms with van der Waals surface area (Å²) < 4.78 is 5.74. The maximum Gasteiger partial charge on any atom is 0.263 e. The molecule has 2 amide bonds. The van der Waals surface area contributed by atoms with Crippen LogP contribution in [-0.2, 0) is 4.79 Å². The van der Waals surface area contributed by atoms with Gasteiger partial charge in [-0.2, -0.15) is 0 Å². The minimum absolute atomic E-state index is 0.0875. The Kier molecular flexibility index (Phi) is 7.74. The molecule has 4 rings (SSSR count). The average molecular weight is 555 g/mol. The molecule has 0 atom stereocenters. The number of hydrogen-bond acceptors (Lipinski definition) is 8. The molecule has 2 N–H and O–H groups in total. The van der Waals surface area contributed by atoms with Crippen LogP contribution in [0.3, 0.4) is 0 Å². The molecule has 0 unspecified atom stereocenters. The van der Waals surface area contributed by atoms with Crippen molar-refractivity contribution in [1.82, 2.24) is 15.4 Å². The summed E-state index contributed by atoms with van der Waals surface area (Å²) in [6, 6.07) is 11.8. The maximum absolute atomic E-state index is 12.9. The predicted octanol–water partition coefficient (Wildman–Crippen LogP) is 6.44. The van der Waals surface area contributed by atoms with Gasteiger partial charge in [0.15, 0.2) is 4.34 Å². The third kappa shape index (κ3) is 5.70. The molecule has 8 nitrogen and oxygen atoms in total. The number of aryl methyl sites for hydroxylation is 1. The van der Waals surface area contributed by atoms with E-state index in [1.807, 2.05) is 0 Å². The van der Waals surface area contributed by atoms with Crippen LogP contribution in [-0.4, -0.2) is 32.9 Å². The van der Waals surface area contributed by atoms with Crippen molar-refractivity contribution >= 4 is 80.5 Å². The van der Waals surface area contributed by atoms with Gasteiger partial charge in [0.25, 0.3) is 5.91 Å². The molecule has 2 heterocycles. The SMILES string of the molecule is Cc1onc(-c2ccccc2Cl)c1C(=O)Nc1nnc(SCC(=O)Nc2ccc(Cl)c(Cl)c2)s1. The Morgan fingerprint density at radius 1 is 1.03 bits per heavy atom. The van der Waals surface area contributed by atoms with Gasteiger partial charge in [0.2, 0.25) is 11.0 Å². The van der Waals surface area contributed by atoms with Gasteiger partial charge in [-0.1, -0.05) is 81.3 Å². The minimum atomic E-state index is -0.460. The van der Waals surface area contributed by atoms with E-state index < -0.39 is 5.91 Å². The van der Waals surface area contributed by atoms with Crippen LogP contribution in [0, 0.1) is 6.92 Å². The molecule has 0 saturated carbocycles. The average Bonchev–Trinajstić information content (AvgIpc) is 3.41. The van der Waals surface area contributed by atoms with Crippen molar-refractivity contribution in [3.63, 3.8) is 0 Å². The number of carbonyl (C=O) groups excluding carboxylic acids is 2. The zero-order valence-corrected chi connectivity index (χ0v) is 21.2. The summed E-state index contributed by atoms with van der Waals surface area (Å²) in [5.74, 6) is -0.289. The Balaban J connectivity index is 1.38. The molecule has 0 saturated heterocycles. The van der Waals surface area contributed by atoms with Crippen LogP contribution in [0.5, 0.6) is 0 Å². The number of halogens is 3. The van der Waals surface area contributed by atoms with Gasteiger partial charge in [-0.3, -0.25) is 14.9 Å². The number of aromatic nitrogens is 3. The third-order valence-electron chi connectivity index (χ3n) is 4.38. The fourth-order valence-electron chi connectivity index (χ4n) is 2.85. The number of amides is 2. The quantitative estimate of drug-likeness (QED) is 0.200. The largest absolute Gasteiger partial charge is 0.360 e. The summed E-state index contributed by atoms with van der Waals surface area (Å²) in [6.45, 7) is 1.64. The highest BCUT2D eigenvalue weighted by molar-refractivity contribution is 8.01. The van der Waals surface area contributed by atoms with Crippen LogP contribution < -0.4 is 10.6 Å². The molecular weight excluding hydrogens is 541 g/mol. The lowest BCUT2D eigenvalue weighted by molar-refractivity contribution is -0.113. The molecule has 0 fully saturated rings. The number of rotatable bonds is 7. The Hall–Kier alpha value is -2.63. The monoisotopic (exact) mass is 553 g/mol. The van der Waals surface area contributed by atoms with E-state index in [1.165, 1.54) is 11.8 Å². The Morgan fingerprint density at radius 3 is 2.59 bits per heavy atom. The second-order valence-corrected chi connectivity index (χ2v) is 10.2. The van der Waals surface area contributed by atoms with Crippen molar-refractivity contribution in [3.8, 4) is 11.3 Å². The van der Waals surface area contributed by atoms with Crippen LogP contribution >= 0.6 is 57.9 Å². The van der Waals surface area contributed by atoms with Crippen molar-refractivity contribution in [3.05, 3.63) is 68.9 Å². The number of benzene rings is 2. The third-order valence-corrected chi connectivity index (χ3v) is 7.42. The summed E-state index contributed by atoms with van der Waals surface area (Å²) in [7, 11) is 0. The molecule has 2 aromatic carbocycles. The first-order chi connectivity index (χ1) is 16.3. The summed E-state index contributed by atoms with van der Waals surface area (Å²) in [5, 5.41) is 18.9. The fourth-order valence-corrected chi connectivity index (χ4v) is 4.92. The Bertz CT molecular complexity index is 1380. The Morgan fingerprint density at radius 2 is 1.82 bits per heavy atom. The van der Waals surface area contributed by atoms with Gasteiger partial charge in [-0.05, 0) is 31.2 Å².